The summed E-state index contributed by atoms with van der Waals surface area (Å²) >= 11 is 0. The van der Waals surface area contributed by atoms with Gasteiger partial charge in [0.05, 0.1) is 5.92 Å². The Hall–Kier alpha value is -2.57. The van der Waals surface area contributed by atoms with Crippen LogP contribution < -0.4 is 5.32 Å². The van der Waals surface area contributed by atoms with Crippen LogP contribution in [-0.2, 0) is 16.1 Å². The van der Waals surface area contributed by atoms with Crippen molar-refractivity contribution in [2.75, 3.05) is 19.6 Å². The maximum atomic E-state index is 12.6. The lowest BCUT2D eigenvalue weighted by Gasteiger charge is -2.31. The van der Waals surface area contributed by atoms with Crippen LogP contribution >= 0.6 is 0 Å². The van der Waals surface area contributed by atoms with E-state index in [9.17, 15) is 14.4 Å². The first kappa shape index (κ1) is 18.2. The highest BCUT2D eigenvalue weighted by atomic mass is 16.4. The number of urea groups is 1. The number of aliphatic carboxylic acids is 1. The van der Waals surface area contributed by atoms with Crippen LogP contribution in [0.1, 0.15) is 30.4 Å². The van der Waals surface area contributed by atoms with Crippen LogP contribution in [0.2, 0.25) is 0 Å². The largest absolute Gasteiger partial charge is 0.481 e. The maximum Gasteiger partial charge on any atom is 0.318 e. The average molecular weight is 359 g/mol. The summed E-state index contributed by atoms with van der Waals surface area (Å²) in [4.78, 5) is 39.3. The lowest BCUT2D eigenvalue weighted by molar-refractivity contribution is -0.143. The number of rotatable bonds is 4. The SMILES string of the molecule is Cc1ccc(CN2CCC(NC(=O)N3CCC(C(=O)O)CC3)C2=O)cc1. The predicted molar refractivity (Wildman–Crippen MR) is 95.5 cm³/mol. The number of hydrogen-bond donors (Lipinski definition) is 2. The number of carbonyl (C=O) groups excluding carboxylic acids is 2. The van der Waals surface area contributed by atoms with E-state index in [-0.39, 0.29) is 17.9 Å². The van der Waals surface area contributed by atoms with Gasteiger partial charge < -0.3 is 20.2 Å². The lowest BCUT2D eigenvalue weighted by atomic mass is 9.97. The van der Waals surface area contributed by atoms with Crippen molar-refractivity contribution in [3.63, 3.8) is 0 Å². The van der Waals surface area contributed by atoms with Crippen molar-refractivity contribution in [2.24, 2.45) is 5.92 Å². The molecule has 0 saturated carbocycles. The van der Waals surface area contributed by atoms with E-state index in [4.69, 9.17) is 5.11 Å². The van der Waals surface area contributed by atoms with Crippen molar-refractivity contribution in [2.45, 2.75) is 38.8 Å². The number of aryl methyl sites for hydroxylation is 1. The summed E-state index contributed by atoms with van der Waals surface area (Å²) in [6, 6.07) is 7.31. The molecule has 0 bridgehead atoms. The molecule has 7 nitrogen and oxygen atoms in total. The van der Waals surface area contributed by atoms with Gasteiger partial charge in [-0.2, -0.15) is 0 Å². The number of hydrogen-bond acceptors (Lipinski definition) is 3. The highest BCUT2D eigenvalue weighted by Gasteiger charge is 2.34. The van der Waals surface area contributed by atoms with Gasteiger partial charge >= 0.3 is 12.0 Å². The summed E-state index contributed by atoms with van der Waals surface area (Å²) in [6.45, 7) is 4.03. The Kier molecular flexibility index (Phi) is 5.44. The topological polar surface area (TPSA) is 90.0 Å². The van der Waals surface area contributed by atoms with Crippen molar-refractivity contribution in [3.8, 4) is 0 Å². The predicted octanol–water partition coefficient (Wildman–Crippen LogP) is 1.60. The molecule has 0 aromatic heterocycles. The van der Waals surface area contributed by atoms with Gasteiger partial charge in [-0.3, -0.25) is 9.59 Å². The summed E-state index contributed by atoms with van der Waals surface area (Å²) in [5.74, 6) is -1.24. The molecule has 7 heteroatoms. The molecule has 1 atom stereocenters. The molecule has 3 rings (SSSR count). The van der Waals surface area contributed by atoms with Crippen molar-refractivity contribution >= 4 is 17.9 Å². The summed E-state index contributed by atoms with van der Waals surface area (Å²) in [5, 5.41) is 11.8. The molecule has 140 valence electrons. The molecular weight excluding hydrogens is 334 g/mol. The van der Waals surface area contributed by atoms with Gasteiger partial charge in [-0.15, -0.1) is 0 Å². The minimum atomic E-state index is -0.803. The zero-order valence-corrected chi connectivity index (χ0v) is 15.0. The first-order valence-corrected chi connectivity index (χ1v) is 9.06. The summed E-state index contributed by atoms with van der Waals surface area (Å²) < 4.78 is 0. The second kappa shape index (κ2) is 7.76. The third-order valence-electron chi connectivity index (χ3n) is 5.22. The molecule has 1 aromatic carbocycles. The summed E-state index contributed by atoms with van der Waals surface area (Å²) in [6.07, 6.45) is 1.52. The highest BCUT2D eigenvalue weighted by Crippen LogP contribution is 2.19. The Bertz CT molecular complexity index is 681. The molecule has 2 heterocycles. The smallest absolute Gasteiger partial charge is 0.318 e. The van der Waals surface area contributed by atoms with Crippen LogP contribution in [0.3, 0.4) is 0 Å². The van der Waals surface area contributed by atoms with Gasteiger partial charge in [-0.25, -0.2) is 4.79 Å². The van der Waals surface area contributed by atoms with Gasteiger partial charge in [0, 0.05) is 26.2 Å². The van der Waals surface area contributed by atoms with Crippen LogP contribution in [0.15, 0.2) is 24.3 Å². The van der Waals surface area contributed by atoms with Crippen molar-refractivity contribution in [1.82, 2.24) is 15.1 Å². The van der Waals surface area contributed by atoms with E-state index in [2.05, 4.69) is 5.32 Å². The first-order valence-electron chi connectivity index (χ1n) is 9.06. The van der Waals surface area contributed by atoms with E-state index < -0.39 is 12.0 Å². The van der Waals surface area contributed by atoms with Gasteiger partial charge in [0.25, 0.3) is 0 Å². The number of carboxylic acids is 1. The molecule has 1 unspecified atom stereocenters. The molecule has 26 heavy (non-hydrogen) atoms. The molecule has 2 aliphatic heterocycles. The third kappa shape index (κ3) is 4.15. The van der Waals surface area contributed by atoms with Gasteiger partial charge in [0.1, 0.15) is 6.04 Å². The highest BCUT2D eigenvalue weighted by molar-refractivity contribution is 5.88. The number of carbonyl (C=O) groups is 3. The number of benzene rings is 1. The molecule has 0 spiro atoms. The van der Waals surface area contributed by atoms with E-state index in [1.165, 1.54) is 5.56 Å². The lowest BCUT2D eigenvalue weighted by Crippen LogP contribution is -2.50. The first-order chi connectivity index (χ1) is 12.4. The Balaban J connectivity index is 1.50. The maximum absolute atomic E-state index is 12.6. The van der Waals surface area contributed by atoms with Crippen molar-refractivity contribution in [1.29, 1.82) is 0 Å². The quantitative estimate of drug-likeness (QED) is 0.854. The molecule has 3 amide bonds. The Morgan fingerprint density at radius 3 is 2.38 bits per heavy atom. The van der Waals surface area contributed by atoms with Gasteiger partial charge in [-0.05, 0) is 31.7 Å². The molecular formula is C19H25N3O4. The van der Waals surface area contributed by atoms with Crippen LogP contribution in [-0.4, -0.2) is 58.5 Å². The molecule has 2 saturated heterocycles. The van der Waals surface area contributed by atoms with E-state index in [0.29, 0.717) is 45.4 Å². The van der Waals surface area contributed by atoms with Crippen LogP contribution in [0.4, 0.5) is 4.79 Å². The minimum absolute atomic E-state index is 0.0562. The fraction of sp³-hybridized carbons (Fsp3) is 0.526. The third-order valence-corrected chi connectivity index (χ3v) is 5.22. The second-order valence-electron chi connectivity index (χ2n) is 7.14. The standard InChI is InChI=1S/C19H25N3O4/c1-13-2-4-14(5-3-13)12-22-11-8-16(17(22)23)20-19(26)21-9-6-15(7-10-21)18(24)25/h2-5,15-16H,6-12H2,1H3,(H,20,26)(H,24,25). The number of carboxylic acid groups (broad SMARTS) is 1. The molecule has 2 fully saturated rings. The van der Waals surface area contributed by atoms with Gasteiger partial charge in [-0.1, -0.05) is 29.8 Å². The van der Waals surface area contributed by atoms with Crippen LogP contribution in [0, 0.1) is 12.8 Å². The van der Waals surface area contributed by atoms with E-state index in [0.717, 1.165) is 5.56 Å². The molecule has 2 N–H and O–H groups in total. The molecule has 2 aliphatic rings. The second-order valence-corrected chi connectivity index (χ2v) is 7.14. The molecule has 0 aliphatic carbocycles. The van der Waals surface area contributed by atoms with Crippen LogP contribution in [0.5, 0.6) is 0 Å². The number of nitrogens with zero attached hydrogens (tertiary/aromatic N) is 2. The molecule has 0 radical (unpaired) electrons. The number of amides is 3. The van der Waals surface area contributed by atoms with Crippen molar-refractivity contribution in [3.05, 3.63) is 35.4 Å². The monoisotopic (exact) mass is 359 g/mol. The Labute approximate surface area is 153 Å². The number of nitrogens with one attached hydrogen (secondary N) is 1. The Morgan fingerprint density at radius 2 is 1.77 bits per heavy atom. The van der Waals surface area contributed by atoms with Gasteiger partial charge in [0.2, 0.25) is 5.91 Å². The molecule has 1 aromatic rings. The zero-order valence-electron chi connectivity index (χ0n) is 15.0. The van der Waals surface area contributed by atoms with Crippen LogP contribution in [0.25, 0.3) is 0 Å². The van der Waals surface area contributed by atoms with E-state index in [1.54, 1.807) is 9.80 Å². The van der Waals surface area contributed by atoms with E-state index >= 15 is 0 Å². The van der Waals surface area contributed by atoms with E-state index in [1.807, 2.05) is 31.2 Å². The number of piperidine rings is 1. The van der Waals surface area contributed by atoms with Crippen molar-refractivity contribution < 1.29 is 19.5 Å². The Morgan fingerprint density at radius 1 is 1.12 bits per heavy atom. The fourth-order valence-electron chi connectivity index (χ4n) is 3.51. The summed E-state index contributed by atoms with van der Waals surface area (Å²) in [5.41, 5.74) is 2.25. The summed E-state index contributed by atoms with van der Waals surface area (Å²) in [7, 11) is 0. The average Bonchev–Trinajstić information content (AvgIpc) is 2.97. The normalized spacial score (nSPS) is 21.1. The fourth-order valence-corrected chi connectivity index (χ4v) is 3.51. The van der Waals surface area contributed by atoms with Gasteiger partial charge in [0.15, 0.2) is 0 Å². The zero-order chi connectivity index (χ0) is 18.7. The number of likely N-dealkylation sites (tertiary alicyclic amines) is 2. The minimum Gasteiger partial charge on any atom is -0.481 e.